The van der Waals surface area contributed by atoms with E-state index in [4.69, 9.17) is 10.2 Å². The topological polar surface area (TPSA) is 521 Å². The number of H-pyrrole nitrogens is 1. The van der Waals surface area contributed by atoms with Crippen LogP contribution in [0.15, 0.2) is 48.5 Å². The van der Waals surface area contributed by atoms with Crippen molar-refractivity contribution < 1.29 is 98.4 Å². The summed E-state index contributed by atoms with van der Waals surface area (Å²) in [6.07, 6.45) is 1.15. The molecule has 3 atom stereocenters. The molecule has 34 nitrogen and oxygen atoms in total. The van der Waals surface area contributed by atoms with E-state index in [-0.39, 0.29) is 72.4 Å². The van der Waals surface area contributed by atoms with Gasteiger partial charge in [-0.3, -0.25) is 116 Å². The van der Waals surface area contributed by atoms with Gasteiger partial charge in [0.05, 0.1) is 58.0 Å². The molecule has 3 unspecified atom stereocenters. The molecule has 0 spiro atoms. The summed E-state index contributed by atoms with van der Waals surface area (Å²) in [5, 5.41) is 94.3. The van der Waals surface area contributed by atoms with Gasteiger partial charge < -0.3 is 56.5 Å². The molecule has 4 amide bonds. The normalized spacial score (nSPS) is 14.1. The molecule has 1 aromatic heterocycles. The van der Waals surface area contributed by atoms with Crippen LogP contribution in [0, 0.1) is 0 Å². The van der Waals surface area contributed by atoms with Crippen molar-refractivity contribution >= 4 is 129 Å². The molecule has 0 fully saturated rings. The molecule has 0 bridgehead atoms. The number of fused-ring (bicyclic) bond motifs is 2. The van der Waals surface area contributed by atoms with E-state index in [0.29, 0.717) is 22.2 Å². The molecular formula is C47H63N14NaO20. The molecule has 0 radical (unpaired) electrons. The van der Waals surface area contributed by atoms with Crippen molar-refractivity contribution in [1.29, 1.82) is 0 Å². The van der Waals surface area contributed by atoms with Crippen molar-refractivity contribution in [3.63, 3.8) is 0 Å². The molecule has 4 rings (SSSR count). The minimum absolute atomic E-state index is 0. The Balaban J connectivity index is 0.0000176. The van der Waals surface area contributed by atoms with Crippen LogP contribution in [0.25, 0.3) is 22.6 Å². The first-order valence-electron chi connectivity index (χ1n) is 24.2. The first-order valence-corrected chi connectivity index (χ1v) is 24.2. The third-order valence-electron chi connectivity index (χ3n) is 12.2. The summed E-state index contributed by atoms with van der Waals surface area (Å²) in [7, 11) is 0. The van der Waals surface area contributed by atoms with Crippen LogP contribution in [0.4, 0.5) is 5.69 Å². The summed E-state index contributed by atoms with van der Waals surface area (Å²) in [5.74, 6) is -16.8. The van der Waals surface area contributed by atoms with Gasteiger partial charge in [0.2, 0.25) is 0 Å². The van der Waals surface area contributed by atoms with Gasteiger partial charge in [-0.05, 0) is 50.6 Å². The van der Waals surface area contributed by atoms with Crippen molar-refractivity contribution in [1.82, 2.24) is 68.4 Å². The van der Waals surface area contributed by atoms with Crippen LogP contribution < -0.4 is 58.9 Å². The first-order chi connectivity index (χ1) is 38.1. The number of aromatic nitrogens is 1. The van der Waals surface area contributed by atoms with Crippen LogP contribution in [0.1, 0.15) is 41.9 Å². The molecule has 1 aliphatic heterocycles. The zero-order valence-corrected chi connectivity index (χ0v) is 43.3. The molecule has 442 valence electrons. The molecule has 2 aromatic carbocycles. The van der Waals surface area contributed by atoms with Gasteiger partial charge in [0.15, 0.2) is 0 Å². The number of anilines is 1. The number of rotatable bonds is 35. The molecule has 0 saturated heterocycles. The number of hydrogen-bond acceptors (Lipinski definition) is 21. The minimum atomic E-state index is -1.87. The molecular weight excluding hydrogens is 1100 g/mol. The summed E-state index contributed by atoms with van der Waals surface area (Å²) in [5.41, 5.74) is 8.79. The Morgan fingerprint density at radius 3 is 1.74 bits per heavy atom. The molecule has 35 heteroatoms. The number of nitrogens with zero attached hydrogens (tertiary/aromatic N) is 2. The number of amides is 4. The van der Waals surface area contributed by atoms with Gasteiger partial charge >= 0.3 is 77.3 Å². The van der Waals surface area contributed by atoms with Crippen molar-refractivity contribution in [2.45, 2.75) is 49.8 Å². The van der Waals surface area contributed by atoms with Crippen LogP contribution >= 0.6 is 0 Å². The monoisotopic (exact) mass is 1170 g/mol. The number of carboxylic acid groups (broad SMARTS) is 8. The fraction of sp³-hybridized carbons (Fsp3) is 0.404. The van der Waals surface area contributed by atoms with Gasteiger partial charge in [-0.1, -0.05) is 36.4 Å². The van der Waals surface area contributed by atoms with E-state index in [2.05, 4.69) is 63.9 Å². The number of carboxylic acids is 8. The molecule has 82 heavy (non-hydrogen) atoms. The maximum atomic E-state index is 14.0. The molecule has 20 N–H and O–H groups in total. The van der Waals surface area contributed by atoms with Crippen molar-refractivity contribution in [3.8, 4) is 0 Å². The zero-order chi connectivity index (χ0) is 60.2. The van der Waals surface area contributed by atoms with Gasteiger partial charge in [0.25, 0.3) is 23.6 Å². The summed E-state index contributed by atoms with van der Waals surface area (Å²) < 4.78 is 0. The van der Waals surface area contributed by atoms with Crippen molar-refractivity contribution in [2.24, 2.45) is 0 Å². The number of para-hydroxylation sites is 2. The van der Waals surface area contributed by atoms with Crippen LogP contribution in [0.5, 0.6) is 0 Å². The summed E-state index contributed by atoms with van der Waals surface area (Å²) in [6, 6.07) is 8.81. The Labute approximate surface area is 486 Å². The van der Waals surface area contributed by atoms with Gasteiger partial charge in [-0.15, -0.1) is 0 Å². The average Bonchev–Trinajstić information content (AvgIpc) is 3.96. The molecule has 3 aromatic rings. The second-order valence-electron chi connectivity index (χ2n) is 18.2. The van der Waals surface area contributed by atoms with Gasteiger partial charge in [0, 0.05) is 40.8 Å². The number of carbonyl (C=O) groups excluding carboxylic acids is 4. The quantitative estimate of drug-likeness (QED) is 0.0148. The van der Waals surface area contributed by atoms with Crippen LogP contribution in [0.3, 0.4) is 0 Å². The maximum absolute atomic E-state index is 14.0. The number of aliphatic carboxylic acids is 8. The molecule has 1 aliphatic rings. The Morgan fingerprint density at radius 1 is 0.610 bits per heavy atom. The van der Waals surface area contributed by atoms with E-state index in [9.17, 15) is 88.2 Å². The number of carbonyl (C=O) groups is 12. The first kappa shape index (κ1) is 68.1. The van der Waals surface area contributed by atoms with Crippen molar-refractivity contribution in [3.05, 3.63) is 65.4 Å². The average molecular weight is 1170 g/mol. The van der Waals surface area contributed by atoms with Crippen LogP contribution in [-0.2, 0) is 52.7 Å². The fourth-order valence-electron chi connectivity index (χ4n) is 8.24. The molecule has 0 saturated carbocycles. The Bertz CT molecular complexity index is 2870. The standard InChI is InChI=1S/C47H62N14O20.Na.H/c1-46(50-17-33(64)65,51-18-34(66)67)41(45(80)81)48-12-11-30(44(78)79)49-16-31(62)56-58-42(76)39-26(24-7-3-5-9-28(24)54-39)15-27-25-8-4-6-10-29(25)55-40(27)43(77)59-57-32(63)21-60(22-37(72)73)13-14-61(23-38(74)75)47(2,52-19-35(68)69)53-20-36(70)71;;/h3-10,15,30,40-41,48-55H,11-14,16-23H2,1-2H3,(H,56,62)(H,57,63)(H,58,76)(H,59,77)(H,64,65)(H,66,67)(H,68,69)(H,70,71)(H,72,73)(H,74,75)(H,78,79)(H,80,81);;. The number of aromatic amines is 1. The summed E-state index contributed by atoms with van der Waals surface area (Å²) in [6.45, 7) is -4.66. The van der Waals surface area contributed by atoms with Gasteiger partial charge in [0.1, 0.15) is 29.6 Å². The second-order valence-corrected chi connectivity index (χ2v) is 18.2. The van der Waals surface area contributed by atoms with Crippen LogP contribution in [-0.4, -0.2) is 258 Å². The van der Waals surface area contributed by atoms with Gasteiger partial charge in [-0.2, -0.15) is 0 Å². The number of hydrogen-bond donors (Lipinski definition) is 20. The summed E-state index contributed by atoms with van der Waals surface area (Å²) in [4.78, 5) is 153. The zero-order valence-electron chi connectivity index (χ0n) is 43.3. The number of benzene rings is 2. The second kappa shape index (κ2) is 31.7. The Hall–Kier alpha value is -8.16. The number of nitrogens with one attached hydrogen (secondary N) is 12. The van der Waals surface area contributed by atoms with Crippen molar-refractivity contribution in [2.75, 3.05) is 77.3 Å². The molecule has 0 aliphatic carbocycles. The van der Waals surface area contributed by atoms with Crippen LogP contribution in [0.2, 0.25) is 0 Å². The molecule has 2 heterocycles. The van der Waals surface area contributed by atoms with E-state index >= 15 is 0 Å². The van der Waals surface area contributed by atoms with E-state index < -0.39 is 153 Å². The van der Waals surface area contributed by atoms with E-state index in [1.807, 2.05) is 0 Å². The van der Waals surface area contributed by atoms with E-state index in [1.54, 1.807) is 48.5 Å². The Morgan fingerprint density at radius 2 is 1.17 bits per heavy atom. The predicted octanol–water partition coefficient (Wildman–Crippen LogP) is -5.90. The predicted molar refractivity (Wildman–Crippen MR) is 285 cm³/mol. The summed E-state index contributed by atoms with van der Waals surface area (Å²) >= 11 is 0. The SMILES string of the molecule is CC(NCC(=O)O)(NCC(=O)O)C(NCCC(NCC(=O)NNC(=O)c1[nH]c2ccccc2c1C=C1c2ccccc2NC1C(=O)NNC(=O)CN(CCN(CC(=O)O)C(C)(NCC(=O)O)NCC(=O)O)CC(=O)O)C(=O)O)C(=O)O.[NaH]. The number of hydrazine groups is 2. The third-order valence-corrected chi connectivity index (χ3v) is 12.2. The fourth-order valence-corrected chi connectivity index (χ4v) is 8.24. The third kappa shape index (κ3) is 20.7. The van der Waals surface area contributed by atoms with E-state index in [1.165, 1.54) is 19.9 Å². The van der Waals surface area contributed by atoms with E-state index in [0.717, 1.165) is 9.80 Å². The van der Waals surface area contributed by atoms with Gasteiger partial charge in [-0.25, -0.2) is 0 Å². The Kier molecular flexibility index (Phi) is 26.4.